The molecule has 11 nitrogen and oxygen atoms in total. The van der Waals surface area contributed by atoms with E-state index in [9.17, 15) is 31.9 Å². The van der Waals surface area contributed by atoms with E-state index in [1.165, 1.54) is 39.5 Å². The van der Waals surface area contributed by atoms with Gasteiger partial charge in [0, 0.05) is 44.4 Å². The Hall–Kier alpha value is -4.84. The summed E-state index contributed by atoms with van der Waals surface area (Å²) in [5.74, 6) is 3.66. The fraction of sp³-hybridized carbons (Fsp3) is 0.471. The Bertz CT molecular complexity index is 1780. The molecule has 2 atom stereocenters. The molecule has 1 aliphatic heterocycles. The molecular formula is C34H40F4N6O5. The molecule has 2 heterocycles. The highest BCUT2D eigenvalue weighted by molar-refractivity contribution is 6.05. The van der Waals surface area contributed by atoms with Crippen LogP contribution in [0.3, 0.4) is 0 Å². The molecule has 0 aliphatic carbocycles. The van der Waals surface area contributed by atoms with Crippen molar-refractivity contribution in [3.63, 3.8) is 0 Å². The first kappa shape index (κ1) is 37.0. The van der Waals surface area contributed by atoms with Gasteiger partial charge >= 0.3 is 12.1 Å². The summed E-state index contributed by atoms with van der Waals surface area (Å²) >= 11 is 0. The van der Waals surface area contributed by atoms with Crippen LogP contribution in [-0.2, 0) is 16.1 Å². The predicted octanol–water partition coefficient (Wildman–Crippen LogP) is 4.21. The summed E-state index contributed by atoms with van der Waals surface area (Å²) in [6.07, 6.45) is -2.90. The lowest BCUT2D eigenvalue weighted by Gasteiger charge is -2.40. The van der Waals surface area contributed by atoms with Crippen LogP contribution in [0.1, 0.15) is 53.5 Å². The SMILES string of the molecule is CNC(=O)c1cc(NCC#Cc2cc(C(=O)N[C@H]3CCN(CC(C)(C)C(=O)OC)C[C@@H]3C)c3ncn(CC(F)(F)F)c3c2)c(OC)cc1F. The smallest absolute Gasteiger partial charge is 0.406 e. The third-order valence-corrected chi connectivity index (χ3v) is 8.34. The molecule has 2 aromatic carbocycles. The van der Waals surface area contributed by atoms with Crippen molar-refractivity contribution < 1.29 is 41.4 Å². The van der Waals surface area contributed by atoms with E-state index in [1.54, 1.807) is 0 Å². The molecule has 49 heavy (non-hydrogen) atoms. The lowest BCUT2D eigenvalue weighted by Crippen LogP contribution is -2.52. The number of halogens is 4. The van der Waals surface area contributed by atoms with Crippen LogP contribution in [-0.4, -0.2) is 91.9 Å². The number of fused-ring (bicyclic) bond motifs is 1. The zero-order valence-electron chi connectivity index (χ0n) is 28.2. The summed E-state index contributed by atoms with van der Waals surface area (Å²) in [7, 11) is 4.06. The molecule has 2 amide bonds. The highest BCUT2D eigenvalue weighted by Gasteiger charge is 2.35. The van der Waals surface area contributed by atoms with Crippen LogP contribution in [0.2, 0.25) is 0 Å². The van der Waals surface area contributed by atoms with E-state index < -0.39 is 35.8 Å². The average molecular weight is 689 g/mol. The van der Waals surface area contributed by atoms with Gasteiger partial charge in [0.05, 0.1) is 54.8 Å². The van der Waals surface area contributed by atoms with Gasteiger partial charge < -0.3 is 34.9 Å². The minimum Gasteiger partial charge on any atom is -0.494 e. The van der Waals surface area contributed by atoms with Gasteiger partial charge in [0.2, 0.25) is 0 Å². The van der Waals surface area contributed by atoms with Crippen LogP contribution in [0.4, 0.5) is 23.2 Å². The minimum atomic E-state index is -4.53. The van der Waals surface area contributed by atoms with E-state index >= 15 is 0 Å². The van der Waals surface area contributed by atoms with Gasteiger partial charge in [-0.25, -0.2) is 9.37 Å². The lowest BCUT2D eigenvalue weighted by atomic mass is 9.88. The average Bonchev–Trinajstić information content (AvgIpc) is 3.43. The Morgan fingerprint density at radius 2 is 1.80 bits per heavy atom. The highest BCUT2D eigenvalue weighted by Crippen LogP contribution is 2.29. The summed E-state index contributed by atoms with van der Waals surface area (Å²) in [6, 6.07) is 5.03. The van der Waals surface area contributed by atoms with Gasteiger partial charge in [-0.1, -0.05) is 18.8 Å². The maximum atomic E-state index is 14.4. The number of piperidine rings is 1. The van der Waals surface area contributed by atoms with Crippen molar-refractivity contribution in [2.24, 2.45) is 11.3 Å². The number of nitrogens with zero attached hydrogens (tertiary/aromatic N) is 3. The fourth-order valence-electron chi connectivity index (χ4n) is 5.92. The molecule has 0 saturated carbocycles. The van der Waals surface area contributed by atoms with Crippen LogP contribution in [0.25, 0.3) is 11.0 Å². The number of carbonyl (C=O) groups is 3. The summed E-state index contributed by atoms with van der Waals surface area (Å²) in [6.45, 7) is 6.01. The third kappa shape index (κ3) is 9.00. The number of aromatic nitrogens is 2. The fourth-order valence-corrected chi connectivity index (χ4v) is 5.92. The molecule has 0 radical (unpaired) electrons. The molecule has 0 bridgehead atoms. The lowest BCUT2D eigenvalue weighted by molar-refractivity contribution is -0.152. The van der Waals surface area contributed by atoms with E-state index in [2.05, 4.69) is 37.7 Å². The Morgan fingerprint density at radius 3 is 2.43 bits per heavy atom. The first-order valence-electron chi connectivity index (χ1n) is 15.6. The van der Waals surface area contributed by atoms with Crippen molar-refractivity contribution in [2.75, 3.05) is 52.8 Å². The topological polar surface area (TPSA) is 127 Å². The number of amides is 2. The monoisotopic (exact) mass is 688 g/mol. The molecule has 1 saturated heterocycles. The van der Waals surface area contributed by atoms with E-state index in [0.717, 1.165) is 17.0 Å². The molecule has 1 aliphatic rings. The normalized spacial score (nSPS) is 16.8. The van der Waals surface area contributed by atoms with Crippen molar-refractivity contribution >= 4 is 34.5 Å². The molecule has 1 fully saturated rings. The van der Waals surface area contributed by atoms with Crippen LogP contribution >= 0.6 is 0 Å². The van der Waals surface area contributed by atoms with Gasteiger partial charge in [-0.2, -0.15) is 13.2 Å². The third-order valence-electron chi connectivity index (χ3n) is 8.34. The van der Waals surface area contributed by atoms with Crippen LogP contribution in [0.15, 0.2) is 30.6 Å². The molecule has 15 heteroatoms. The summed E-state index contributed by atoms with van der Waals surface area (Å²) < 4.78 is 65.6. The number of hydrogen-bond donors (Lipinski definition) is 3. The first-order valence-corrected chi connectivity index (χ1v) is 15.6. The van der Waals surface area contributed by atoms with Gasteiger partial charge in [0.1, 0.15) is 23.6 Å². The largest absolute Gasteiger partial charge is 0.494 e. The predicted molar refractivity (Wildman–Crippen MR) is 175 cm³/mol. The number of imidazole rings is 1. The number of anilines is 1. The molecule has 3 N–H and O–H groups in total. The van der Waals surface area contributed by atoms with Gasteiger partial charge in [-0.05, 0) is 44.4 Å². The maximum absolute atomic E-state index is 14.4. The first-order chi connectivity index (χ1) is 23.1. The standard InChI is InChI=1S/C34H40F4N6O5/c1-20-16-43(17-33(2,3)32(47)49-6)11-9-25(20)42-31(46)23-12-21(13-27-29(23)41-19-44(27)18-34(36,37)38)8-7-10-40-26-14-22(30(45)39-4)24(35)15-28(26)48-5/h12-15,19-20,25,40H,9-11,16-18H2,1-6H3,(H,39,45)(H,42,46)/t20-,25-/m0/s1. The molecule has 4 rings (SSSR count). The number of hydrogen-bond acceptors (Lipinski definition) is 8. The van der Waals surface area contributed by atoms with Gasteiger partial charge in [0.25, 0.3) is 11.8 Å². The van der Waals surface area contributed by atoms with Crippen molar-refractivity contribution in [1.29, 1.82) is 0 Å². The van der Waals surface area contributed by atoms with Gasteiger partial charge in [0.15, 0.2) is 0 Å². The zero-order valence-corrected chi connectivity index (χ0v) is 28.2. The zero-order chi connectivity index (χ0) is 36.1. The molecule has 3 aromatic rings. The quantitative estimate of drug-likeness (QED) is 0.164. The second-order valence-corrected chi connectivity index (χ2v) is 12.6. The molecule has 0 spiro atoms. The van der Waals surface area contributed by atoms with E-state index in [4.69, 9.17) is 9.47 Å². The Balaban J connectivity index is 1.57. The summed E-state index contributed by atoms with van der Waals surface area (Å²) in [5, 5.41) is 8.36. The number of nitrogens with one attached hydrogen (secondary N) is 3. The highest BCUT2D eigenvalue weighted by atomic mass is 19.4. The van der Waals surface area contributed by atoms with Crippen LogP contribution in [0.5, 0.6) is 5.75 Å². The minimum absolute atomic E-state index is 0.00541. The van der Waals surface area contributed by atoms with Crippen molar-refractivity contribution in [2.45, 2.75) is 46.0 Å². The number of ether oxygens (including phenoxy) is 2. The summed E-state index contributed by atoms with van der Waals surface area (Å²) in [4.78, 5) is 44.2. The summed E-state index contributed by atoms with van der Waals surface area (Å²) in [5.41, 5.74) is -0.0748. The number of benzene rings is 2. The number of esters is 1. The molecule has 264 valence electrons. The van der Waals surface area contributed by atoms with Crippen LogP contribution < -0.4 is 20.7 Å². The number of carbonyl (C=O) groups excluding carboxylic acids is 3. The maximum Gasteiger partial charge on any atom is 0.406 e. The van der Waals surface area contributed by atoms with Crippen molar-refractivity contribution in [1.82, 2.24) is 25.1 Å². The molecule has 1 aromatic heterocycles. The van der Waals surface area contributed by atoms with Crippen molar-refractivity contribution in [3.8, 4) is 17.6 Å². The number of rotatable bonds is 10. The van der Waals surface area contributed by atoms with E-state index in [0.29, 0.717) is 31.7 Å². The number of alkyl halides is 3. The second-order valence-electron chi connectivity index (χ2n) is 12.6. The number of methoxy groups -OCH3 is 2. The van der Waals surface area contributed by atoms with Crippen LogP contribution in [0, 0.1) is 29.0 Å². The van der Waals surface area contributed by atoms with Gasteiger partial charge in [-0.15, -0.1) is 0 Å². The van der Waals surface area contributed by atoms with Gasteiger partial charge in [-0.3, -0.25) is 14.4 Å². The Morgan fingerprint density at radius 1 is 1.06 bits per heavy atom. The Kier molecular flexibility index (Phi) is 11.4. The molecular weight excluding hydrogens is 648 g/mol. The molecule has 0 unspecified atom stereocenters. The second kappa shape index (κ2) is 15.1. The number of likely N-dealkylation sites (tertiary alicyclic amines) is 1. The van der Waals surface area contributed by atoms with E-state index in [1.807, 2.05) is 20.8 Å². The Labute approximate surface area is 281 Å². The van der Waals surface area contributed by atoms with E-state index in [-0.39, 0.29) is 57.9 Å². The van der Waals surface area contributed by atoms with Crippen molar-refractivity contribution in [3.05, 3.63) is 53.1 Å².